The van der Waals surface area contributed by atoms with Crippen molar-refractivity contribution in [1.82, 2.24) is 4.98 Å². The summed E-state index contributed by atoms with van der Waals surface area (Å²) in [5.41, 5.74) is 5.93. The van der Waals surface area contributed by atoms with Crippen LogP contribution < -0.4 is 10.7 Å². The van der Waals surface area contributed by atoms with Gasteiger partial charge in [-0.15, -0.1) is 0 Å². The van der Waals surface area contributed by atoms with E-state index in [0.29, 0.717) is 17.9 Å². The van der Waals surface area contributed by atoms with Crippen LogP contribution in [-0.4, -0.2) is 60.4 Å². The molecular formula is C16H38N2O4SSi3. The highest BCUT2D eigenvalue weighted by atomic mass is 32.2. The van der Waals surface area contributed by atoms with Crippen LogP contribution in [0.4, 0.5) is 0 Å². The van der Waals surface area contributed by atoms with Gasteiger partial charge >= 0.3 is 11.9 Å². The highest BCUT2D eigenvalue weighted by molar-refractivity contribution is 7.99. The van der Waals surface area contributed by atoms with Crippen LogP contribution in [0.1, 0.15) is 6.42 Å². The first-order chi connectivity index (χ1) is 11.5. The topological polar surface area (TPSA) is 90.6 Å². The second-order valence-electron chi connectivity index (χ2n) is 9.48. The smallest absolute Gasteiger partial charge is 0.310 e. The van der Waals surface area contributed by atoms with Gasteiger partial charge in [-0.3, -0.25) is 9.59 Å². The van der Waals surface area contributed by atoms with Gasteiger partial charge in [-0.2, -0.15) is 11.8 Å². The summed E-state index contributed by atoms with van der Waals surface area (Å²) in [6.45, 7) is 18.4. The Balaban J connectivity index is 4.53. The molecule has 2 unspecified atom stereocenters. The zero-order valence-corrected chi connectivity index (χ0v) is 21.7. The van der Waals surface area contributed by atoms with Gasteiger partial charge in [0.1, 0.15) is 20.3 Å². The van der Waals surface area contributed by atoms with E-state index in [0.717, 1.165) is 0 Å². The molecule has 2 atom stereocenters. The maximum absolute atomic E-state index is 12.5. The molecule has 154 valence electrons. The number of nitrogens with one attached hydrogen (secondary N) is 1. The molecule has 0 heterocycles. The van der Waals surface area contributed by atoms with Crippen LogP contribution in [0, 0.1) is 0 Å². The number of nitrogens with two attached hydrogens (primary N) is 1. The van der Waals surface area contributed by atoms with Gasteiger partial charge in [0.05, 0.1) is 0 Å². The molecule has 0 aromatic carbocycles. The van der Waals surface area contributed by atoms with Crippen LogP contribution in [0.5, 0.6) is 0 Å². The molecule has 0 aromatic heterocycles. The average molecular weight is 439 g/mol. The molecule has 0 rings (SSSR count). The van der Waals surface area contributed by atoms with Gasteiger partial charge in [0, 0.05) is 5.75 Å². The van der Waals surface area contributed by atoms with Crippen LogP contribution in [-0.2, 0) is 18.4 Å². The van der Waals surface area contributed by atoms with E-state index >= 15 is 0 Å². The molecule has 0 bridgehead atoms. The Morgan fingerprint density at radius 3 is 1.81 bits per heavy atom. The van der Waals surface area contributed by atoms with Crippen molar-refractivity contribution in [2.45, 2.75) is 77.4 Å². The lowest BCUT2D eigenvalue weighted by molar-refractivity contribution is -0.137. The first kappa shape index (κ1) is 25.9. The van der Waals surface area contributed by atoms with Crippen molar-refractivity contribution in [1.29, 1.82) is 0 Å². The lowest BCUT2D eigenvalue weighted by atomic mass is 10.2. The van der Waals surface area contributed by atoms with E-state index in [2.05, 4.69) is 24.6 Å². The van der Waals surface area contributed by atoms with Crippen molar-refractivity contribution in [3.05, 3.63) is 0 Å². The quantitative estimate of drug-likeness (QED) is 0.378. The summed E-state index contributed by atoms with van der Waals surface area (Å²) in [4.78, 5) is 27.9. The van der Waals surface area contributed by atoms with Crippen LogP contribution in [0.2, 0.25) is 58.9 Å². The Kier molecular flexibility index (Phi) is 10.4. The lowest BCUT2D eigenvalue weighted by Crippen LogP contribution is -2.54. The van der Waals surface area contributed by atoms with Crippen molar-refractivity contribution < 1.29 is 18.4 Å². The predicted molar refractivity (Wildman–Crippen MR) is 119 cm³/mol. The van der Waals surface area contributed by atoms with E-state index in [9.17, 15) is 9.59 Å². The molecule has 0 aromatic rings. The Bertz CT molecular complexity index is 474. The molecule has 0 saturated carbocycles. The summed E-state index contributed by atoms with van der Waals surface area (Å²) in [5.74, 6) is 0.830. The minimum Gasteiger partial charge on any atom is -0.519 e. The average Bonchev–Trinajstić information content (AvgIpc) is 2.36. The van der Waals surface area contributed by atoms with Gasteiger partial charge in [0.15, 0.2) is 0 Å². The largest absolute Gasteiger partial charge is 0.519 e. The molecule has 0 aliphatic carbocycles. The maximum atomic E-state index is 12.5. The van der Waals surface area contributed by atoms with Crippen molar-refractivity contribution in [3.63, 3.8) is 0 Å². The van der Waals surface area contributed by atoms with Crippen molar-refractivity contribution in [2.24, 2.45) is 5.73 Å². The van der Waals surface area contributed by atoms with Crippen LogP contribution in [0.25, 0.3) is 0 Å². The lowest BCUT2D eigenvalue weighted by Gasteiger charge is -2.28. The van der Waals surface area contributed by atoms with E-state index < -0.39 is 30.9 Å². The van der Waals surface area contributed by atoms with E-state index in [1.807, 2.05) is 39.3 Å². The van der Waals surface area contributed by atoms with E-state index in [4.69, 9.17) is 14.6 Å². The molecule has 0 spiro atoms. The van der Waals surface area contributed by atoms with Crippen molar-refractivity contribution >= 4 is 48.6 Å². The van der Waals surface area contributed by atoms with Crippen LogP contribution in [0.3, 0.4) is 0 Å². The Morgan fingerprint density at radius 2 is 1.38 bits per heavy atom. The normalized spacial score (nSPS) is 15.3. The number of thioether (sulfide) groups is 1. The summed E-state index contributed by atoms with van der Waals surface area (Å²) < 4.78 is 11.1. The zero-order valence-electron chi connectivity index (χ0n) is 17.9. The molecule has 0 saturated heterocycles. The maximum Gasteiger partial charge on any atom is 0.310 e. The highest BCUT2D eigenvalue weighted by Crippen LogP contribution is 2.14. The molecule has 3 N–H and O–H groups in total. The Hall–Kier alpha value is -0.139. The number of carbonyl (C=O) groups is 2. The summed E-state index contributed by atoms with van der Waals surface area (Å²) in [6.07, 6.45) is 0.538. The zero-order chi connectivity index (χ0) is 20.8. The molecular weight excluding hydrogens is 401 g/mol. The van der Waals surface area contributed by atoms with E-state index in [-0.39, 0.29) is 18.0 Å². The summed E-state index contributed by atoms with van der Waals surface area (Å²) in [5, 5.41) is 0. The van der Waals surface area contributed by atoms with Gasteiger partial charge in [-0.1, -0.05) is 19.6 Å². The molecule has 10 heteroatoms. The third-order valence-corrected chi connectivity index (χ3v) is 6.80. The fraction of sp³-hybridized carbons (Fsp3) is 0.875. The molecule has 6 nitrogen and oxygen atoms in total. The molecule has 0 aliphatic rings. The molecule has 0 aliphatic heterocycles. The molecule has 26 heavy (non-hydrogen) atoms. The first-order valence-corrected chi connectivity index (χ1v) is 20.5. The molecule has 0 radical (unpaired) electrons. The second-order valence-corrected chi connectivity index (χ2v) is 24.3. The van der Waals surface area contributed by atoms with Gasteiger partial charge in [0.25, 0.3) is 0 Å². The number of hydrogen-bond acceptors (Lipinski definition) is 7. The Morgan fingerprint density at radius 1 is 0.923 bits per heavy atom. The minimum atomic E-state index is -1.92. The van der Waals surface area contributed by atoms with Gasteiger partial charge in [-0.25, -0.2) is 0 Å². The summed E-state index contributed by atoms with van der Waals surface area (Å²) in [6, 6.07) is -0.921. The third-order valence-electron chi connectivity index (χ3n) is 2.87. The SMILES string of the molecule is C[Si](C)(C)NC(CSCCC(N)C(=O)O[Si](C)(C)C)C(=O)O[Si](C)(C)C. The first-order valence-electron chi connectivity index (χ1n) is 9.07. The fourth-order valence-electron chi connectivity index (χ4n) is 1.97. The minimum absolute atomic E-state index is 0.165. The van der Waals surface area contributed by atoms with Crippen molar-refractivity contribution in [3.8, 4) is 0 Å². The fourth-order valence-corrected chi connectivity index (χ4v) is 5.93. The number of rotatable bonds is 11. The van der Waals surface area contributed by atoms with Crippen LogP contribution in [0.15, 0.2) is 0 Å². The Labute approximate surface area is 166 Å². The standard InChI is InChI=1S/C16H38N2O4SSi3/c1-24(2,3)18-14(16(20)22-26(7,8)9)12-23-11-10-13(17)15(19)21-25(4,5)6/h13-14,18H,10-12,17H2,1-9H3. The molecule has 0 fully saturated rings. The van der Waals surface area contributed by atoms with Gasteiger partial charge < -0.3 is 19.6 Å². The third kappa shape index (κ3) is 14.0. The van der Waals surface area contributed by atoms with Gasteiger partial charge in [-0.05, 0) is 51.5 Å². The summed E-state index contributed by atoms with van der Waals surface area (Å²) in [7, 11) is -5.46. The molecule has 0 amide bonds. The van der Waals surface area contributed by atoms with E-state index in [1.165, 1.54) is 0 Å². The highest BCUT2D eigenvalue weighted by Gasteiger charge is 2.30. The predicted octanol–water partition coefficient (Wildman–Crippen LogP) is 2.99. The number of hydrogen-bond donors (Lipinski definition) is 2. The monoisotopic (exact) mass is 438 g/mol. The van der Waals surface area contributed by atoms with Crippen molar-refractivity contribution in [2.75, 3.05) is 11.5 Å². The number of carbonyl (C=O) groups excluding carboxylic acids is 2. The summed E-state index contributed by atoms with van der Waals surface area (Å²) >= 11 is 1.62. The second kappa shape index (κ2) is 10.4. The van der Waals surface area contributed by atoms with Crippen LogP contribution >= 0.6 is 11.8 Å². The van der Waals surface area contributed by atoms with E-state index in [1.54, 1.807) is 11.8 Å². The van der Waals surface area contributed by atoms with Gasteiger partial charge in [0.2, 0.25) is 16.6 Å².